The van der Waals surface area contributed by atoms with Crippen molar-refractivity contribution in [2.24, 2.45) is 0 Å². The molecule has 0 aromatic heterocycles. The summed E-state index contributed by atoms with van der Waals surface area (Å²) in [7, 11) is 0.320. The van der Waals surface area contributed by atoms with E-state index in [1.54, 1.807) is 6.08 Å². The average Bonchev–Trinajstić information content (AvgIpc) is 2.70. The summed E-state index contributed by atoms with van der Waals surface area (Å²) in [6.45, 7) is 15.5. The molecule has 30 heavy (non-hydrogen) atoms. The Labute approximate surface area is 185 Å². The van der Waals surface area contributed by atoms with Gasteiger partial charge in [-0.15, -0.1) is 10.3 Å². The highest BCUT2D eigenvalue weighted by atomic mass is 32.3. The first-order valence-corrected chi connectivity index (χ1v) is 12.9. The normalized spacial score (nSPS) is 12.9. The lowest BCUT2D eigenvalue weighted by Crippen LogP contribution is -2.31. The molecule has 0 unspecified atom stereocenters. The van der Waals surface area contributed by atoms with Gasteiger partial charge in [-0.1, -0.05) is 60.1 Å². The molecule has 0 atom stereocenters. The van der Waals surface area contributed by atoms with E-state index in [-0.39, 0.29) is 5.97 Å². The second kappa shape index (κ2) is 13.8. The van der Waals surface area contributed by atoms with E-state index in [1.165, 1.54) is 19.6 Å². The molecule has 0 amide bonds. The van der Waals surface area contributed by atoms with Crippen LogP contribution in [0.2, 0.25) is 0 Å². The average molecular weight is 439 g/mol. The molecule has 0 fully saturated rings. The lowest BCUT2D eigenvalue weighted by Gasteiger charge is -2.50. The van der Waals surface area contributed by atoms with Gasteiger partial charge in [0, 0.05) is 21.8 Å². The highest BCUT2D eigenvalue weighted by molar-refractivity contribution is 8.31. The fourth-order valence-electron chi connectivity index (χ4n) is 3.90. The van der Waals surface area contributed by atoms with Crippen LogP contribution in [0.5, 0.6) is 5.75 Å². The number of carbonyl (C=O) groups is 1. The molecule has 1 aromatic rings. The van der Waals surface area contributed by atoms with Gasteiger partial charge >= 0.3 is 5.97 Å². The van der Waals surface area contributed by atoms with Crippen LogP contribution in [0.3, 0.4) is 0 Å². The summed E-state index contributed by atoms with van der Waals surface area (Å²) < 4.78 is 17.0. The summed E-state index contributed by atoms with van der Waals surface area (Å²) >= 11 is 0. The second-order valence-corrected chi connectivity index (χ2v) is 12.8. The summed E-state index contributed by atoms with van der Waals surface area (Å²) in [6, 6.07) is 7.71. The topological polar surface area (TPSA) is 44.8 Å². The van der Waals surface area contributed by atoms with E-state index < -0.39 is 10.3 Å². The first-order valence-electron chi connectivity index (χ1n) is 11.2. The first-order chi connectivity index (χ1) is 14.2. The van der Waals surface area contributed by atoms with Gasteiger partial charge in [0.05, 0.1) is 20.3 Å². The van der Waals surface area contributed by atoms with Crippen LogP contribution in [0, 0.1) is 0 Å². The number of esters is 1. The number of unbranched alkanes of at least 4 members (excludes halogenated alkanes) is 3. The molecule has 0 aliphatic rings. The van der Waals surface area contributed by atoms with Crippen LogP contribution in [-0.4, -0.2) is 42.0 Å². The molecule has 0 spiro atoms. The molecule has 4 nitrogen and oxygen atoms in total. The molecule has 0 heterocycles. The molecule has 0 radical (unpaired) electrons. The zero-order chi connectivity index (χ0) is 22.6. The van der Waals surface area contributed by atoms with E-state index >= 15 is 0 Å². The number of hydrogen-bond acceptors (Lipinski definition) is 4. The number of hydrogen-bond donors (Lipinski definition) is 0. The minimum absolute atomic E-state index is 0.356. The van der Waals surface area contributed by atoms with Crippen molar-refractivity contribution in [3.63, 3.8) is 0 Å². The maximum absolute atomic E-state index is 11.1. The number of benzene rings is 1. The maximum atomic E-state index is 11.1. The zero-order valence-electron chi connectivity index (χ0n) is 20.0. The first kappa shape index (κ1) is 26.6. The Morgan fingerprint density at radius 2 is 1.40 bits per heavy atom. The van der Waals surface area contributed by atoms with Gasteiger partial charge in [-0.05, 0) is 43.0 Å². The summed E-state index contributed by atoms with van der Waals surface area (Å²) in [5.41, 5.74) is 0.940. The van der Waals surface area contributed by atoms with Gasteiger partial charge in [-0.2, -0.15) is 0 Å². The predicted molar refractivity (Wildman–Crippen MR) is 130 cm³/mol. The fraction of sp³-hybridized carbons (Fsp3) is 0.640. The van der Waals surface area contributed by atoms with Gasteiger partial charge in [-0.3, -0.25) is 0 Å². The molecular formula is C25H42O4S. The van der Waals surface area contributed by atoms with Gasteiger partial charge in [0.25, 0.3) is 0 Å². The SMILES string of the molecule is COC(=O)/C=C/c1ccc(OCCCCCCOS(C(C)C)(C(C)C)C(C)C)cc1. The van der Waals surface area contributed by atoms with Crippen LogP contribution in [0.4, 0.5) is 0 Å². The minimum atomic E-state index is -1.05. The van der Waals surface area contributed by atoms with Crippen molar-refractivity contribution in [2.75, 3.05) is 20.3 Å². The molecule has 0 bridgehead atoms. The largest absolute Gasteiger partial charge is 0.494 e. The minimum Gasteiger partial charge on any atom is -0.494 e. The summed E-state index contributed by atoms with van der Waals surface area (Å²) in [4.78, 5) is 11.1. The van der Waals surface area contributed by atoms with Crippen LogP contribution in [0.25, 0.3) is 6.08 Å². The van der Waals surface area contributed by atoms with Crippen molar-refractivity contribution in [3.8, 4) is 5.75 Å². The molecule has 0 aliphatic carbocycles. The zero-order valence-corrected chi connectivity index (χ0v) is 20.8. The Hall–Kier alpha value is -1.46. The summed E-state index contributed by atoms with van der Waals surface area (Å²) in [6.07, 6.45) is 7.62. The van der Waals surface area contributed by atoms with E-state index in [4.69, 9.17) is 8.92 Å². The maximum Gasteiger partial charge on any atom is 0.330 e. The Bertz CT molecular complexity index is 613. The van der Waals surface area contributed by atoms with Crippen molar-refractivity contribution in [1.29, 1.82) is 0 Å². The lowest BCUT2D eigenvalue weighted by molar-refractivity contribution is -0.134. The number of rotatable bonds is 14. The molecule has 172 valence electrons. The van der Waals surface area contributed by atoms with E-state index in [1.807, 2.05) is 24.3 Å². The van der Waals surface area contributed by atoms with E-state index in [9.17, 15) is 4.79 Å². The number of carbonyl (C=O) groups excluding carboxylic acids is 1. The quantitative estimate of drug-likeness (QED) is 0.183. The Morgan fingerprint density at radius 3 is 1.90 bits per heavy atom. The van der Waals surface area contributed by atoms with Gasteiger partial charge < -0.3 is 13.7 Å². The van der Waals surface area contributed by atoms with Crippen molar-refractivity contribution in [3.05, 3.63) is 35.9 Å². The Balaban J connectivity index is 2.26. The molecule has 0 saturated heterocycles. The van der Waals surface area contributed by atoms with Crippen LogP contribution in [0.1, 0.15) is 72.8 Å². The Morgan fingerprint density at radius 1 is 0.867 bits per heavy atom. The highest BCUT2D eigenvalue weighted by Gasteiger charge is 2.35. The van der Waals surface area contributed by atoms with Gasteiger partial charge in [0.15, 0.2) is 0 Å². The van der Waals surface area contributed by atoms with Crippen molar-refractivity contribution < 1.29 is 18.5 Å². The highest BCUT2D eigenvalue weighted by Crippen LogP contribution is 2.61. The van der Waals surface area contributed by atoms with Gasteiger partial charge in [0.2, 0.25) is 0 Å². The van der Waals surface area contributed by atoms with Crippen LogP contribution >= 0.6 is 10.3 Å². The summed E-state index contributed by atoms with van der Waals surface area (Å²) in [5.74, 6) is 0.498. The molecule has 5 heteroatoms. The van der Waals surface area contributed by atoms with Crippen LogP contribution < -0.4 is 4.74 Å². The summed E-state index contributed by atoms with van der Waals surface area (Å²) in [5, 5.41) is 1.77. The standard InChI is InChI=1S/C25H42O4S/c1-20(2)30(21(3)4,22(5)6)29-19-11-9-8-10-18-28-24-15-12-23(13-16-24)14-17-25(26)27-7/h12-17,20-22H,8-11,18-19H2,1-7H3/b17-14+. The van der Waals surface area contributed by atoms with Crippen molar-refractivity contribution in [1.82, 2.24) is 0 Å². The third-order valence-corrected chi connectivity index (χ3v) is 10.3. The Kier molecular flexibility index (Phi) is 12.2. The van der Waals surface area contributed by atoms with Crippen LogP contribution in [0.15, 0.2) is 30.3 Å². The lowest BCUT2D eigenvalue weighted by atomic mass is 10.2. The third kappa shape index (κ3) is 8.35. The smallest absolute Gasteiger partial charge is 0.330 e. The van der Waals surface area contributed by atoms with E-state index in [2.05, 4.69) is 46.3 Å². The van der Waals surface area contributed by atoms with E-state index in [0.717, 1.165) is 43.8 Å². The molecular weight excluding hydrogens is 396 g/mol. The van der Waals surface area contributed by atoms with Gasteiger partial charge in [-0.25, -0.2) is 4.79 Å². The third-order valence-electron chi connectivity index (χ3n) is 5.30. The van der Waals surface area contributed by atoms with Crippen molar-refractivity contribution >= 4 is 22.4 Å². The monoisotopic (exact) mass is 438 g/mol. The predicted octanol–water partition coefficient (Wildman–Crippen LogP) is 6.77. The molecule has 1 aromatic carbocycles. The fourth-order valence-corrected chi connectivity index (χ4v) is 8.39. The van der Waals surface area contributed by atoms with Crippen molar-refractivity contribution in [2.45, 2.75) is 83.0 Å². The molecule has 0 N–H and O–H groups in total. The number of methoxy groups -OCH3 is 1. The van der Waals surface area contributed by atoms with E-state index in [0.29, 0.717) is 15.7 Å². The van der Waals surface area contributed by atoms with Gasteiger partial charge in [0.1, 0.15) is 5.75 Å². The van der Waals surface area contributed by atoms with Crippen LogP contribution in [-0.2, 0) is 13.7 Å². The number of ether oxygens (including phenoxy) is 2. The molecule has 0 saturated carbocycles. The molecule has 0 aliphatic heterocycles. The molecule has 1 rings (SSSR count). The second-order valence-electron chi connectivity index (χ2n) is 8.35.